The fraction of sp³-hybridized carbons (Fsp3) is 0.258. The number of carbonyl (C=O) groups excluding carboxylic acids is 1. The highest BCUT2D eigenvalue weighted by Gasteiger charge is 2.40. The van der Waals surface area contributed by atoms with E-state index in [1.807, 2.05) is 48.1 Å². The van der Waals surface area contributed by atoms with Gasteiger partial charge < -0.3 is 15.8 Å². The first-order chi connectivity index (χ1) is 18.5. The lowest BCUT2D eigenvalue weighted by Crippen LogP contribution is -2.25. The van der Waals surface area contributed by atoms with E-state index < -0.39 is 5.91 Å². The van der Waals surface area contributed by atoms with E-state index in [1.54, 1.807) is 6.07 Å². The summed E-state index contributed by atoms with van der Waals surface area (Å²) >= 11 is 0. The van der Waals surface area contributed by atoms with Crippen molar-refractivity contribution in [2.45, 2.75) is 38.4 Å². The largest absolute Gasteiger partial charge is 0.384 e. The number of nitrogens with zero attached hydrogens (tertiary/aromatic N) is 3. The Morgan fingerprint density at radius 3 is 2.82 bits per heavy atom. The highest BCUT2D eigenvalue weighted by molar-refractivity contribution is 6.00. The lowest BCUT2D eigenvalue weighted by molar-refractivity contribution is 0.0941. The fourth-order valence-electron chi connectivity index (χ4n) is 6.23. The van der Waals surface area contributed by atoms with E-state index >= 15 is 0 Å². The van der Waals surface area contributed by atoms with Crippen molar-refractivity contribution in [2.24, 2.45) is 11.7 Å². The van der Waals surface area contributed by atoms with Gasteiger partial charge in [-0.15, -0.1) is 0 Å². The van der Waals surface area contributed by atoms with E-state index in [2.05, 4.69) is 40.6 Å². The van der Waals surface area contributed by atoms with Gasteiger partial charge in [-0.2, -0.15) is 5.10 Å². The number of amides is 1. The monoisotopic (exact) mass is 503 g/mol. The molecule has 0 spiro atoms. The smallest absolute Gasteiger partial charge is 0.250 e. The number of nitrogens with two attached hydrogens (primary N) is 1. The summed E-state index contributed by atoms with van der Waals surface area (Å²) in [6.07, 6.45) is 5.97. The van der Waals surface area contributed by atoms with Crippen molar-refractivity contribution in [3.05, 3.63) is 84.2 Å². The molecule has 190 valence electrons. The molecule has 0 radical (unpaired) electrons. The Morgan fingerprint density at radius 2 is 2.00 bits per heavy atom. The molecule has 1 amide bonds. The molecule has 38 heavy (non-hydrogen) atoms. The van der Waals surface area contributed by atoms with Crippen molar-refractivity contribution in [1.29, 1.82) is 0 Å². The Bertz CT molecular complexity index is 1710. The molecule has 2 aromatic heterocycles. The van der Waals surface area contributed by atoms with Gasteiger partial charge in [0.2, 0.25) is 0 Å². The highest BCUT2D eigenvalue weighted by Crippen LogP contribution is 2.39. The van der Waals surface area contributed by atoms with Crippen LogP contribution in [-0.4, -0.2) is 39.4 Å². The van der Waals surface area contributed by atoms with Gasteiger partial charge in [0, 0.05) is 40.7 Å². The highest BCUT2D eigenvalue weighted by atomic mass is 16.5. The Hall–Kier alpha value is -4.23. The van der Waals surface area contributed by atoms with Crippen LogP contribution in [0.4, 0.5) is 5.69 Å². The van der Waals surface area contributed by atoms with Crippen molar-refractivity contribution in [3.63, 3.8) is 0 Å². The number of carbonyl (C=O) groups is 1. The average Bonchev–Trinajstić information content (AvgIpc) is 3.66. The first kappa shape index (κ1) is 22.9. The number of benzene rings is 3. The average molecular weight is 504 g/mol. The Balaban J connectivity index is 1.28. The molecular formula is C31H29N5O2. The summed E-state index contributed by atoms with van der Waals surface area (Å²) < 4.78 is 7.96. The molecule has 2 aliphatic rings. The first-order valence-electron chi connectivity index (χ1n) is 13.2. The van der Waals surface area contributed by atoms with Gasteiger partial charge in [-0.05, 0) is 68.1 Å². The Labute approximate surface area is 220 Å². The number of hydrogen-bond acceptors (Lipinski definition) is 5. The molecule has 0 aliphatic carbocycles. The molecule has 2 fully saturated rings. The number of para-hydroxylation sites is 1. The minimum Gasteiger partial charge on any atom is -0.384 e. The number of aromatic nitrogens is 3. The molecule has 7 heteroatoms. The molecular weight excluding hydrogens is 474 g/mol. The SMILES string of the molecule is Cc1nn(-c2ccc(C(N)=O)c(NC[C@@H]3CC4CCC3O4)c2)c2cccc(-c3cnc4ccccc4c3)c12. The number of rotatable bonds is 6. The van der Waals surface area contributed by atoms with E-state index in [9.17, 15) is 4.79 Å². The van der Waals surface area contributed by atoms with Crippen LogP contribution >= 0.6 is 0 Å². The zero-order valence-electron chi connectivity index (χ0n) is 21.2. The van der Waals surface area contributed by atoms with Gasteiger partial charge in [0.15, 0.2) is 0 Å². The molecule has 7 nitrogen and oxygen atoms in total. The minimum atomic E-state index is -0.448. The van der Waals surface area contributed by atoms with Crippen LogP contribution in [0.5, 0.6) is 0 Å². The maximum absolute atomic E-state index is 12.2. The number of nitrogens with one attached hydrogen (secondary N) is 1. The first-order valence-corrected chi connectivity index (χ1v) is 13.2. The summed E-state index contributed by atoms with van der Waals surface area (Å²) in [6.45, 7) is 2.78. The Kier molecular flexibility index (Phi) is 5.40. The second-order valence-electron chi connectivity index (χ2n) is 10.5. The van der Waals surface area contributed by atoms with Crippen molar-refractivity contribution >= 4 is 33.4 Å². The number of anilines is 1. The lowest BCUT2D eigenvalue weighted by atomic mass is 9.89. The molecule has 4 heterocycles. The van der Waals surface area contributed by atoms with Crippen LogP contribution in [0.3, 0.4) is 0 Å². The summed E-state index contributed by atoms with van der Waals surface area (Å²) in [4.78, 5) is 16.9. The molecule has 3 N–H and O–H groups in total. The molecule has 0 saturated carbocycles. The number of ether oxygens (including phenoxy) is 1. The van der Waals surface area contributed by atoms with Gasteiger partial charge in [-0.1, -0.05) is 30.3 Å². The van der Waals surface area contributed by atoms with E-state index in [0.717, 1.165) is 75.8 Å². The summed E-state index contributed by atoms with van der Waals surface area (Å²) in [5.74, 6) is -0.000122. The summed E-state index contributed by atoms with van der Waals surface area (Å²) in [5, 5.41) is 10.6. The zero-order valence-corrected chi connectivity index (χ0v) is 21.2. The topological polar surface area (TPSA) is 95.1 Å². The summed E-state index contributed by atoms with van der Waals surface area (Å²) in [6, 6.07) is 22.2. The zero-order chi connectivity index (χ0) is 25.8. The van der Waals surface area contributed by atoms with Gasteiger partial charge in [-0.3, -0.25) is 9.78 Å². The molecule has 2 aliphatic heterocycles. The van der Waals surface area contributed by atoms with Gasteiger partial charge in [0.05, 0.1) is 40.2 Å². The van der Waals surface area contributed by atoms with E-state index in [4.69, 9.17) is 15.6 Å². The predicted molar refractivity (Wildman–Crippen MR) is 150 cm³/mol. The van der Waals surface area contributed by atoms with Gasteiger partial charge in [-0.25, -0.2) is 4.68 Å². The van der Waals surface area contributed by atoms with Crippen LogP contribution in [0, 0.1) is 12.8 Å². The van der Waals surface area contributed by atoms with Gasteiger partial charge in [0.1, 0.15) is 0 Å². The van der Waals surface area contributed by atoms with Crippen molar-refractivity contribution in [1.82, 2.24) is 14.8 Å². The molecule has 2 bridgehead atoms. The standard InChI is InChI=1S/C31H29N5O2/c1-18-30-24(20-13-19-5-2-3-7-26(19)33-16-20)6-4-8-28(30)36(35-18)22-9-11-25(31(32)37)27(15-22)34-17-21-14-23-10-12-29(21)38-23/h2-9,11,13,15-16,21,23,29,34H,10,12,14,17H2,1H3,(H2,32,37)/t21-,23?,29?/m0/s1. The summed E-state index contributed by atoms with van der Waals surface area (Å²) in [5.41, 5.74) is 12.9. The predicted octanol–water partition coefficient (Wildman–Crippen LogP) is 5.63. The molecule has 3 atom stereocenters. The third kappa shape index (κ3) is 3.82. The van der Waals surface area contributed by atoms with Crippen LogP contribution in [0.15, 0.2) is 72.9 Å². The molecule has 3 aromatic carbocycles. The lowest BCUT2D eigenvalue weighted by Gasteiger charge is -2.21. The van der Waals surface area contributed by atoms with Crippen LogP contribution in [0.1, 0.15) is 35.3 Å². The molecule has 5 aromatic rings. The number of pyridine rings is 1. The normalized spacial score (nSPS) is 20.4. The number of hydrogen-bond donors (Lipinski definition) is 2. The maximum atomic E-state index is 12.2. The minimum absolute atomic E-state index is 0.313. The molecule has 2 unspecified atom stereocenters. The van der Waals surface area contributed by atoms with E-state index in [0.29, 0.717) is 23.7 Å². The third-order valence-electron chi connectivity index (χ3n) is 8.08. The van der Waals surface area contributed by atoms with Gasteiger partial charge >= 0.3 is 0 Å². The van der Waals surface area contributed by atoms with E-state index in [1.165, 1.54) is 0 Å². The van der Waals surface area contributed by atoms with Crippen molar-refractivity contribution in [2.75, 3.05) is 11.9 Å². The van der Waals surface area contributed by atoms with E-state index in [-0.39, 0.29) is 0 Å². The van der Waals surface area contributed by atoms with Crippen molar-refractivity contribution < 1.29 is 9.53 Å². The second kappa shape index (κ2) is 8.96. The number of primary amides is 1. The fourth-order valence-corrected chi connectivity index (χ4v) is 6.23. The quantitative estimate of drug-likeness (QED) is 0.313. The third-order valence-corrected chi connectivity index (χ3v) is 8.08. The van der Waals surface area contributed by atoms with Gasteiger partial charge in [0.25, 0.3) is 5.91 Å². The van der Waals surface area contributed by atoms with Crippen LogP contribution in [0.2, 0.25) is 0 Å². The van der Waals surface area contributed by atoms with Crippen molar-refractivity contribution in [3.8, 4) is 16.8 Å². The van der Waals surface area contributed by atoms with Crippen LogP contribution in [0.25, 0.3) is 38.6 Å². The Morgan fingerprint density at radius 1 is 1.11 bits per heavy atom. The second-order valence-corrected chi connectivity index (χ2v) is 10.5. The summed E-state index contributed by atoms with van der Waals surface area (Å²) in [7, 11) is 0. The maximum Gasteiger partial charge on any atom is 0.250 e. The van der Waals surface area contributed by atoms with Crippen LogP contribution in [-0.2, 0) is 4.74 Å². The molecule has 2 saturated heterocycles. The number of aryl methyl sites for hydroxylation is 1. The van der Waals surface area contributed by atoms with Crippen LogP contribution < -0.4 is 11.1 Å². The number of fused-ring (bicyclic) bond motifs is 4. The molecule has 7 rings (SSSR count).